The zero-order chi connectivity index (χ0) is 11.6. The monoisotopic (exact) mass is 227 g/mol. The Morgan fingerprint density at radius 2 is 2.06 bits per heavy atom. The minimum Gasteiger partial charge on any atom is -0.389 e. The van der Waals surface area contributed by atoms with E-state index in [4.69, 9.17) is 10.5 Å². The van der Waals surface area contributed by atoms with Crippen molar-refractivity contribution in [1.29, 1.82) is 0 Å². The smallest absolute Gasteiger partial charge is 0.0738 e. The number of aliphatic hydroxyl groups is 1. The molecule has 3 nitrogen and oxygen atoms in total. The van der Waals surface area contributed by atoms with E-state index in [0.29, 0.717) is 19.1 Å². The lowest BCUT2D eigenvalue weighted by atomic mass is 9.62. The molecular weight excluding hydrogens is 202 g/mol. The summed E-state index contributed by atoms with van der Waals surface area (Å²) >= 11 is 0. The lowest BCUT2D eigenvalue weighted by Crippen LogP contribution is -2.56. The highest BCUT2D eigenvalue weighted by Crippen LogP contribution is 2.47. The molecular formula is C13H25NO2. The molecule has 1 heterocycles. The van der Waals surface area contributed by atoms with Crippen molar-refractivity contribution in [2.45, 2.75) is 51.0 Å². The Morgan fingerprint density at radius 1 is 1.38 bits per heavy atom. The molecule has 2 fully saturated rings. The van der Waals surface area contributed by atoms with Gasteiger partial charge in [-0.15, -0.1) is 0 Å². The maximum Gasteiger partial charge on any atom is 0.0738 e. The minimum absolute atomic E-state index is 0.199. The van der Waals surface area contributed by atoms with Gasteiger partial charge in [0.2, 0.25) is 0 Å². The van der Waals surface area contributed by atoms with Gasteiger partial charge < -0.3 is 15.6 Å². The lowest BCUT2D eigenvalue weighted by Gasteiger charge is -2.47. The third-order valence-corrected chi connectivity index (χ3v) is 4.97. The Bertz CT molecular complexity index is 228. The summed E-state index contributed by atoms with van der Waals surface area (Å²) in [6.07, 6.45) is 7.03. The molecule has 0 amide bonds. The fourth-order valence-electron chi connectivity index (χ4n) is 3.47. The average molecular weight is 227 g/mol. The first kappa shape index (κ1) is 12.3. The predicted molar refractivity (Wildman–Crippen MR) is 64.1 cm³/mol. The van der Waals surface area contributed by atoms with Gasteiger partial charge in [-0.1, -0.05) is 19.3 Å². The number of ether oxygens (including phenoxy) is 1. The van der Waals surface area contributed by atoms with Gasteiger partial charge in [0.05, 0.1) is 12.2 Å². The van der Waals surface area contributed by atoms with E-state index < -0.39 is 5.60 Å². The van der Waals surface area contributed by atoms with E-state index in [2.05, 4.69) is 0 Å². The average Bonchev–Trinajstić information content (AvgIpc) is 2.80. The summed E-state index contributed by atoms with van der Waals surface area (Å²) in [4.78, 5) is 0. The fraction of sp³-hybridized carbons (Fsp3) is 1.00. The van der Waals surface area contributed by atoms with Crippen LogP contribution in [0.4, 0.5) is 0 Å². The number of nitrogens with two attached hydrogens (primary N) is 1. The first-order valence-corrected chi connectivity index (χ1v) is 6.63. The van der Waals surface area contributed by atoms with Crippen molar-refractivity contribution in [1.82, 2.24) is 0 Å². The highest BCUT2D eigenvalue weighted by Gasteiger charge is 2.52. The topological polar surface area (TPSA) is 55.5 Å². The van der Waals surface area contributed by atoms with Gasteiger partial charge in [0.15, 0.2) is 0 Å². The van der Waals surface area contributed by atoms with Gasteiger partial charge in [-0.3, -0.25) is 0 Å². The summed E-state index contributed by atoms with van der Waals surface area (Å²) in [7, 11) is 0. The predicted octanol–water partition coefficient (Wildman–Crippen LogP) is 1.68. The van der Waals surface area contributed by atoms with E-state index in [1.54, 1.807) is 0 Å². The first-order chi connectivity index (χ1) is 7.62. The van der Waals surface area contributed by atoms with E-state index in [9.17, 15) is 5.11 Å². The molecule has 3 N–H and O–H groups in total. The Morgan fingerprint density at radius 3 is 2.56 bits per heavy atom. The highest BCUT2D eigenvalue weighted by atomic mass is 16.5. The van der Waals surface area contributed by atoms with Crippen molar-refractivity contribution in [2.24, 2.45) is 17.1 Å². The van der Waals surface area contributed by atoms with E-state index in [-0.39, 0.29) is 5.41 Å². The van der Waals surface area contributed by atoms with Crippen molar-refractivity contribution in [3.63, 3.8) is 0 Å². The molecule has 0 bridgehead atoms. The van der Waals surface area contributed by atoms with Gasteiger partial charge in [-0.2, -0.15) is 0 Å². The molecule has 1 aliphatic carbocycles. The van der Waals surface area contributed by atoms with Gasteiger partial charge in [0, 0.05) is 18.6 Å². The van der Waals surface area contributed by atoms with Crippen molar-refractivity contribution in [3.8, 4) is 0 Å². The van der Waals surface area contributed by atoms with Gasteiger partial charge >= 0.3 is 0 Å². The molecule has 0 radical (unpaired) electrons. The van der Waals surface area contributed by atoms with Crippen molar-refractivity contribution < 1.29 is 9.84 Å². The zero-order valence-electron chi connectivity index (χ0n) is 10.4. The Balaban J connectivity index is 2.14. The maximum atomic E-state index is 10.9. The van der Waals surface area contributed by atoms with Crippen LogP contribution >= 0.6 is 0 Å². The van der Waals surface area contributed by atoms with Crippen molar-refractivity contribution >= 4 is 0 Å². The lowest BCUT2D eigenvalue weighted by molar-refractivity contribution is -0.119. The molecule has 0 aromatic heterocycles. The maximum absolute atomic E-state index is 10.9. The largest absolute Gasteiger partial charge is 0.389 e. The van der Waals surface area contributed by atoms with Gasteiger partial charge in [-0.05, 0) is 32.1 Å². The van der Waals surface area contributed by atoms with Gasteiger partial charge in [0.25, 0.3) is 0 Å². The standard InChI is InChI=1S/C13H25NO2/c1-12(15,11-5-3-2-4-6-11)13(9-14)7-8-16-10-13/h11,15H,2-10,14H2,1H3. The molecule has 2 rings (SSSR count). The van der Waals surface area contributed by atoms with Crippen LogP contribution in [0.2, 0.25) is 0 Å². The fourth-order valence-corrected chi connectivity index (χ4v) is 3.47. The number of rotatable bonds is 3. The molecule has 16 heavy (non-hydrogen) atoms. The summed E-state index contributed by atoms with van der Waals surface area (Å²) in [5.41, 5.74) is 5.07. The third kappa shape index (κ3) is 1.89. The summed E-state index contributed by atoms with van der Waals surface area (Å²) in [5, 5.41) is 10.9. The van der Waals surface area contributed by atoms with E-state index in [1.807, 2.05) is 6.92 Å². The summed E-state index contributed by atoms with van der Waals surface area (Å²) in [5.74, 6) is 0.409. The quantitative estimate of drug-likeness (QED) is 0.771. The molecule has 1 aliphatic heterocycles. The van der Waals surface area contributed by atoms with Gasteiger partial charge in [-0.25, -0.2) is 0 Å². The minimum atomic E-state index is -0.654. The SMILES string of the molecule is CC(O)(C1CCCCC1)C1(CN)CCOC1. The third-order valence-electron chi connectivity index (χ3n) is 4.97. The van der Waals surface area contributed by atoms with Crippen LogP contribution < -0.4 is 5.73 Å². The second-order valence-electron chi connectivity index (χ2n) is 5.77. The Kier molecular flexibility index (Phi) is 3.57. The molecule has 1 saturated carbocycles. The number of hydrogen-bond donors (Lipinski definition) is 2. The Hall–Kier alpha value is -0.120. The van der Waals surface area contributed by atoms with Crippen molar-refractivity contribution in [3.05, 3.63) is 0 Å². The molecule has 0 aromatic carbocycles. The van der Waals surface area contributed by atoms with Gasteiger partial charge in [0.1, 0.15) is 0 Å². The second-order valence-corrected chi connectivity index (χ2v) is 5.77. The van der Waals surface area contributed by atoms with Crippen LogP contribution in [-0.2, 0) is 4.74 Å². The highest BCUT2D eigenvalue weighted by molar-refractivity contribution is 5.03. The van der Waals surface area contributed by atoms with Crippen LogP contribution in [-0.4, -0.2) is 30.5 Å². The molecule has 0 spiro atoms. The van der Waals surface area contributed by atoms with E-state index in [0.717, 1.165) is 25.9 Å². The molecule has 1 saturated heterocycles. The zero-order valence-corrected chi connectivity index (χ0v) is 10.4. The second kappa shape index (κ2) is 4.63. The molecule has 3 heteroatoms. The normalized spacial score (nSPS) is 36.2. The summed E-state index contributed by atoms with van der Waals surface area (Å²) in [6.45, 7) is 3.91. The first-order valence-electron chi connectivity index (χ1n) is 6.63. The van der Waals surface area contributed by atoms with Crippen LogP contribution in [0.1, 0.15) is 45.4 Å². The molecule has 0 aromatic rings. The van der Waals surface area contributed by atoms with E-state index in [1.165, 1.54) is 19.3 Å². The van der Waals surface area contributed by atoms with Crippen LogP contribution in [0.25, 0.3) is 0 Å². The van der Waals surface area contributed by atoms with Crippen LogP contribution in [0, 0.1) is 11.3 Å². The number of hydrogen-bond acceptors (Lipinski definition) is 3. The van der Waals surface area contributed by atoms with Crippen LogP contribution in [0.5, 0.6) is 0 Å². The molecule has 2 unspecified atom stereocenters. The molecule has 94 valence electrons. The molecule has 2 atom stereocenters. The Labute approximate surface area is 98.4 Å². The summed E-state index contributed by atoms with van der Waals surface area (Å²) in [6, 6.07) is 0. The van der Waals surface area contributed by atoms with Crippen molar-refractivity contribution in [2.75, 3.05) is 19.8 Å². The van der Waals surface area contributed by atoms with E-state index >= 15 is 0 Å². The van der Waals surface area contributed by atoms with Crippen LogP contribution in [0.3, 0.4) is 0 Å². The molecule has 2 aliphatic rings. The van der Waals surface area contributed by atoms with Crippen LogP contribution in [0.15, 0.2) is 0 Å². The summed E-state index contributed by atoms with van der Waals surface area (Å²) < 4.78 is 5.49.